The predicted octanol–water partition coefficient (Wildman–Crippen LogP) is 2.08. The van der Waals surface area contributed by atoms with Gasteiger partial charge in [-0.25, -0.2) is 0 Å². The second kappa shape index (κ2) is 3.65. The van der Waals surface area contributed by atoms with Gasteiger partial charge in [-0.15, -0.1) is 5.73 Å². The van der Waals surface area contributed by atoms with Crippen molar-refractivity contribution < 1.29 is 4.79 Å². The highest BCUT2D eigenvalue weighted by molar-refractivity contribution is 5.96. The fourth-order valence-electron chi connectivity index (χ4n) is 0.927. The number of nitrogens with zero attached hydrogens (tertiary/aromatic N) is 1. The predicted molar refractivity (Wildman–Crippen MR) is 47.8 cm³/mol. The number of pyridine rings is 1. The highest BCUT2D eigenvalue weighted by Gasteiger charge is 2.03. The summed E-state index contributed by atoms with van der Waals surface area (Å²) in [4.78, 5) is 15.0. The van der Waals surface area contributed by atoms with Crippen LogP contribution in [0.5, 0.6) is 0 Å². The molecule has 0 aliphatic heterocycles. The Balaban J connectivity index is 3.26. The molecule has 1 rings (SSSR count). The van der Waals surface area contributed by atoms with Crippen LogP contribution in [0.4, 0.5) is 0 Å². The third-order valence-corrected chi connectivity index (χ3v) is 1.46. The van der Waals surface area contributed by atoms with Gasteiger partial charge in [0.25, 0.3) is 0 Å². The van der Waals surface area contributed by atoms with Gasteiger partial charge in [0.15, 0.2) is 5.78 Å². The van der Waals surface area contributed by atoms with E-state index in [1.807, 2.05) is 0 Å². The molecule has 60 valence electrons. The van der Waals surface area contributed by atoms with Crippen molar-refractivity contribution in [3.8, 4) is 0 Å². The summed E-state index contributed by atoms with van der Waals surface area (Å²) in [6.07, 6.45) is 3.23. The summed E-state index contributed by atoms with van der Waals surface area (Å²) < 4.78 is 0. The van der Waals surface area contributed by atoms with E-state index in [4.69, 9.17) is 0 Å². The highest BCUT2D eigenvalue weighted by Crippen LogP contribution is 2.06. The molecule has 0 amide bonds. The molecule has 12 heavy (non-hydrogen) atoms. The Kier molecular flexibility index (Phi) is 2.57. The van der Waals surface area contributed by atoms with Crippen LogP contribution in [-0.2, 0) is 0 Å². The van der Waals surface area contributed by atoms with Gasteiger partial charge >= 0.3 is 0 Å². The van der Waals surface area contributed by atoms with Crippen LogP contribution in [0.3, 0.4) is 0 Å². The molecule has 0 saturated carbocycles. The van der Waals surface area contributed by atoms with Crippen LogP contribution in [0.25, 0.3) is 6.08 Å². The Morgan fingerprint density at radius 1 is 1.75 bits per heavy atom. The van der Waals surface area contributed by atoms with Crippen LogP contribution in [0.15, 0.2) is 30.6 Å². The fourth-order valence-corrected chi connectivity index (χ4v) is 0.927. The van der Waals surface area contributed by atoms with Gasteiger partial charge in [-0.3, -0.25) is 9.78 Å². The maximum atomic E-state index is 11.0. The van der Waals surface area contributed by atoms with Crippen molar-refractivity contribution in [2.45, 2.75) is 6.92 Å². The van der Waals surface area contributed by atoms with Gasteiger partial charge in [0.05, 0.1) is 5.69 Å². The molecule has 1 heterocycles. The van der Waals surface area contributed by atoms with Gasteiger partial charge in [0.2, 0.25) is 0 Å². The molecule has 0 unspecified atom stereocenters. The Bertz CT molecular complexity index is 328. The summed E-state index contributed by atoms with van der Waals surface area (Å²) in [5.74, 6) is 0.00426. The molecule has 0 radical (unpaired) electrons. The van der Waals surface area contributed by atoms with E-state index in [1.165, 1.54) is 6.92 Å². The van der Waals surface area contributed by atoms with Crippen LogP contribution < -0.4 is 0 Å². The average molecular weight is 159 g/mol. The van der Waals surface area contributed by atoms with Gasteiger partial charge in [-0.1, -0.05) is 6.58 Å². The minimum Gasteiger partial charge on any atom is -0.294 e. The molecular formula is C10H9NO. The Hall–Kier alpha value is -1.66. The van der Waals surface area contributed by atoms with Crippen molar-refractivity contribution in [1.82, 2.24) is 4.98 Å². The zero-order chi connectivity index (χ0) is 8.97. The zero-order valence-electron chi connectivity index (χ0n) is 6.87. The van der Waals surface area contributed by atoms with E-state index in [9.17, 15) is 4.79 Å². The number of ketones is 1. The first kappa shape index (κ1) is 8.44. The zero-order valence-corrected chi connectivity index (χ0v) is 6.87. The summed E-state index contributed by atoms with van der Waals surface area (Å²) in [7, 11) is 0. The minimum absolute atomic E-state index is 0.00426. The quantitative estimate of drug-likeness (QED) is 0.488. The van der Waals surface area contributed by atoms with E-state index in [2.05, 4.69) is 17.3 Å². The SMILES string of the molecule is C=C=Cc1ncccc1C(C)=O. The number of aromatic nitrogens is 1. The number of Topliss-reactive ketones (excluding diaryl/α,β-unsaturated/α-hetero) is 1. The first-order chi connectivity index (χ1) is 5.75. The topological polar surface area (TPSA) is 30.0 Å². The molecule has 0 N–H and O–H groups in total. The lowest BCUT2D eigenvalue weighted by Gasteiger charge is -1.97. The lowest BCUT2D eigenvalue weighted by Crippen LogP contribution is -1.97. The van der Waals surface area contributed by atoms with Gasteiger partial charge in [0, 0.05) is 17.8 Å². The maximum absolute atomic E-state index is 11.0. The largest absolute Gasteiger partial charge is 0.294 e. The molecule has 0 aliphatic carbocycles. The highest BCUT2D eigenvalue weighted by atomic mass is 16.1. The van der Waals surface area contributed by atoms with Crippen LogP contribution in [0.1, 0.15) is 23.0 Å². The molecule has 0 fully saturated rings. The van der Waals surface area contributed by atoms with Crippen LogP contribution in [-0.4, -0.2) is 10.8 Å². The molecule has 0 aliphatic rings. The standard InChI is InChI=1S/C10H9NO/c1-3-5-10-9(8(2)12)6-4-7-11-10/h4-7H,1H2,2H3. The third-order valence-electron chi connectivity index (χ3n) is 1.46. The van der Waals surface area contributed by atoms with E-state index >= 15 is 0 Å². The van der Waals surface area contributed by atoms with E-state index in [0.29, 0.717) is 11.3 Å². The summed E-state index contributed by atoms with van der Waals surface area (Å²) in [5, 5.41) is 0. The molecule has 2 nitrogen and oxygen atoms in total. The number of carbonyl (C=O) groups excluding carboxylic acids is 1. The van der Waals surface area contributed by atoms with Crippen molar-refractivity contribution in [2.24, 2.45) is 0 Å². The summed E-state index contributed by atoms with van der Waals surface area (Å²) >= 11 is 0. The number of rotatable bonds is 2. The Morgan fingerprint density at radius 3 is 3.08 bits per heavy atom. The second-order valence-corrected chi connectivity index (χ2v) is 2.34. The molecule has 2 heteroatoms. The summed E-state index contributed by atoms with van der Waals surface area (Å²) in [6.45, 7) is 4.94. The van der Waals surface area contributed by atoms with E-state index in [0.717, 1.165) is 0 Å². The normalized spacial score (nSPS) is 8.75. The van der Waals surface area contributed by atoms with Crippen molar-refractivity contribution >= 4 is 11.9 Å². The fraction of sp³-hybridized carbons (Fsp3) is 0.100. The van der Waals surface area contributed by atoms with E-state index in [1.54, 1.807) is 24.4 Å². The minimum atomic E-state index is 0.00426. The molecule has 1 aromatic heterocycles. The summed E-state index contributed by atoms with van der Waals surface area (Å²) in [5.41, 5.74) is 3.82. The molecule has 0 spiro atoms. The van der Waals surface area contributed by atoms with Crippen molar-refractivity contribution in [3.63, 3.8) is 0 Å². The van der Waals surface area contributed by atoms with Crippen molar-refractivity contribution in [3.05, 3.63) is 41.9 Å². The van der Waals surface area contributed by atoms with Gasteiger partial charge < -0.3 is 0 Å². The number of hydrogen-bond acceptors (Lipinski definition) is 2. The van der Waals surface area contributed by atoms with Crippen molar-refractivity contribution in [1.29, 1.82) is 0 Å². The average Bonchev–Trinajstić information content (AvgIpc) is 2.05. The van der Waals surface area contributed by atoms with Gasteiger partial charge in [-0.2, -0.15) is 0 Å². The van der Waals surface area contributed by atoms with Gasteiger partial charge in [-0.05, 0) is 19.1 Å². The smallest absolute Gasteiger partial charge is 0.161 e. The van der Waals surface area contributed by atoms with Crippen LogP contribution in [0.2, 0.25) is 0 Å². The summed E-state index contributed by atoms with van der Waals surface area (Å²) in [6, 6.07) is 3.47. The number of hydrogen-bond donors (Lipinski definition) is 0. The maximum Gasteiger partial charge on any atom is 0.161 e. The monoisotopic (exact) mass is 159 g/mol. The number of carbonyl (C=O) groups is 1. The Morgan fingerprint density at radius 2 is 2.50 bits per heavy atom. The first-order valence-corrected chi connectivity index (χ1v) is 3.57. The third kappa shape index (κ3) is 1.68. The first-order valence-electron chi connectivity index (χ1n) is 3.57. The lowest BCUT2D eigenvalue weighted by molar-refractivity contribution is 0.101. The molecule has 0 aromatic carbocycles. The van der Waals surface area contributed by atoms with Crippen molar-refractivity contribution in [2.75, 3.05) is 0 Å². The second-order valence-electron chi connectivity index (χ2n) is 2.34. The van der Waals surface area contributed by atoms with Crippen LogP contribution in [0, 0.1) is 0 Å². The Labute approximate surface area is 71.3 Å². The molecule has 1 aromatic rings. The lowest BCUT2D eigenvalue weighted by atomic mass is 10.1. The molecule has 0 atom stereocenters. The van der Waals surface area contributed by atoms with E-state index < -0.39 is 0 Å². The molecule has 0 saturated heterocycles. The molecule has 0 bridgehead atoms. The van der Waals surface area contributed by atoms with Crippen LogP contribution >= 0.6 is 0 Å². The molecular weight excluding hydrogens is 150 g/mol. The van der Waals surface area contributed by atoms with Gasteiger partial charge in [0.1, 0.15) is 0 Å². The van der Waals surface area contributed by atoms with E-state index in [-0.39, 0.29) is 5.78 Å².